The van der Waals surface area contributed by atoms with Gasteiger partial charge in [0, 0.05) is 19.3 Å². The molecule has 0 heterocycles. The zero-order valence-electron chi connectivity index (χ0n) is 42.7. The number of hydrogen-bond acceptors (Lipinski definition) is 6. The molecule has 0 aliphatic heterocycles. The van der Waals surface area contributed by atoms with Gasteiger partial charge in [0.05, 0.1) is 0 Å². The lowest BCUT2D eigenvalue weighted by atomic mass is 10.1. The monoisotopic (exact) mass is 907 g/mol. The molecule has 0 amide bonds. The molecule has 0 N–H and O–H groups in total. The fraction of sp³-hybridized carbons (Fsp3) is 0.746. The highest BCUT2D eigenvalue weighted by Gasteiger charge is 2.19. The van der Waals surface area contributed by atoms with Gasteiger partial charge in [-0.3, -0.25) is 14.4 Å². The van der Waals surface area contributed by atoms with E-state index in [0.717, 1.165) is 103 Å². The highest BCUT2D eigenvalue weighted by atomic mass is 16.6. The third kappa shape index (κ3) is 51.7. The van der Waals surface area contributed by atoms with Crippen molar-refractivity contribution in [2.45, 2.75) is 271 Å². The maximum absolute atomic E-state index is 12.8. The Labute approximate surface area is 402 Å². The zero-order valence-corrected chi connectivity index (χ0v) is 42.7. The SMILES string of the molecule is CC/C=C\C/C=C\C/C=C\C/C=C\CCCCCCC(=O)OC(COC(=O)CCCCCCCCCCC)COC(=O)CCCCCCCCCCC/C=C\C/C=C\CCCCCCC. The largest absolute Gasteiger partial charge is 0.462 e. The van der Waals surface area contributed by atoms with E-state index in [9.17, 15) is 14.4 Å². The zero-order chi connectivity index (χ0) is 47.2. The number of allylic oxidation sites excluding steroid dienone is 12. The first-order chi connectivity index (χ1) is 32.0. The van der Waals surface area contributed by atoms with Crippen molar-refractivity contribution in [1.82, 2.24) is 0 Å². The molecule has 0 aromatic heterocycles. The second kappa shape index (κ2) is 53.5. The smallest absolute Gasteiger partial charge is 0.306 e. The number of carbonyl (C=O) groups is 3. The van der Waals surface area contributed by atoms with Crippen molar-refractivity contribution in [3.8, 4) is 0 Å². The van der Waals surface area contributed by atoms with Crippen LogP contribution in [-0.2, 0) is 28.6 Å². The van der Waals surface area contributed by atoms with Crippen LogP contribution in [0.3, 0.4) is 0 Å². The topological polar surface area (TPSA) is 78.9 Å². The van der Waals surface area contributed by atoms with E-state index in [4.69, 9.17) is 14.2 Å². The average molecular weight is 907 g/mol. The Bertz CT molecular complexity index is 1230. The Balaban J connectivity index is 4.32. The molecule has 0 aromatic carbocycles. The first-order valence-electron chi connectivity index (χ1n) is 27.4. The van der Waals surface area contributed by atoms with Crippen LogP contribution in [0.25, 0.3) is 0 Å². The van der Waals surface area contributed by atoms with Gasteiger partial charge in [0.25, 0.3) is 0 Å². The normalized spacial score (nSPS) is 12.6. The van der Waals surface area contributed by atoms with Gasteiger partial charge in [-0.15, -0.1) is 0 Å². The Kier molecular flexibility index (Phi) is 50.9. The number of hydrogen-bond donors (Lipinski definition) is 0. The minimum atomic E-state index is -0.787. The van der Waals surface area contributed by atoms with Crippen LogP contribution in [0.4, 0.5) is 0 Å². The lowest BCUT2D eigenvalue weighted by Gasteiger charge is -2.18. The third-order valence-electron chi connectivity index (χ3n) is 11.7. The van der Waals surface area contributed by atoms with E-state index < -0.39 is 6.10 Å². The van der Waals surface area contributed by atoms with E-state index in [1.165, 1.54) is 122 Å². The maximum atomic E-state index is 12.8. The van der Waals surface area contributed by atoms with Crippen LogP contribution in [0.1, 0.15) is 265 Å². The van der Waals surface area contributed by atoms with E-state index in [1.807, 2.05) is 0 Å². The summed E-state index contributed by atoms with van der Waals surface area (Å²) in [4.78, 5) is 38.0. The number of rotatable bonds is 49. The Hall–Kier alpha value is -3.15. The van der Waals surface area contributed by atoms with Gasteiger partial charge in [0.1, 0.15) is 13.2 Å². The lowest BCUT2D eigenvalue weighted by molar-refractivity contribution is -0.167. The minimum absolute atomic E-state index is 0.0855. The predicted molar refractivity (Wildman–Crippen MR) is 279 cm³/mol. The van der Waals surface area contributed by atoms with Crippen molar-refractivity contribution in [2.24, 2.45) is 0 Å². The number of carbonyl (C=O) groups excluding carboxylic acids is 3. The van der Waals surface area contributed by atoms with Crippen molar-refractivity contribution in [2.75, 3.05) is 13.2 Å². The van der Waals surface area contributed by atoms with Gasteiger partial charge in [0.2, 0.25) is 0 Å². The lowest BCUT2D eigenvalue weighted by Crippen LogP contribution is -2.30. The predicted octanol–water partition coefficient (Wildman–Crippen LogP) is 18.2. The molecular weight excluding hydrogens is 805 g/mol. The number of unbranched alkanes of at least 4 members (excludes halogenated alkanes) is 26. The molecule has 6 heteroatoms. The van der Waals surface area contributed by atoms with Crippen LogP contribution >= 0.6 is 0 Å². The standard InChI is InChI=1S/C59H102O6/c1-4-7-10-13-16-19-21-23-25-27-28-29-30-32-33-35-37-40-43-46-49-52-58(61)64-55-56(54-63-57(60)51-48-45-42-39-18-15-12-9-6-3)65-59(62)53-50-47-44-41-38-36-34-31-26-24-22-20-17-14-11-8-5-2/h8,11,17,20-21,23-24,26-28,34,36,56H,4-7,9-10,12-16,18-19,22,25,29-33,35,37-55H2,1-3H3/b11-8-,20-17-,23-21-,26-24-,28-27-,36-34-. The molecule has 1 unspecified atom stereocenters. The fourth-order valence-electron chi connectivity index (χ4n) is 7.58. The van der Waals surface area contributed by atoms with Gasteiger partial charge in [-0.05, 0) is 89.9 Å². The molecular formula is C59H102O6. The summed E-state index contributed by atoms with van der Waals surface area (Å²) in [5, 5.41) is 0. The Morgan fingerprint density at radius 2 is 0.600 bits per heavy atom. The molecule has 0 aromatic rings. The summed E-state index contributed by atoms with van der Waals surface area (Å²) < 4.78 is 16.8. The summed E-state index contributed by atoms with van der Waals surface area (Å²) in [6, 6.07) is 0. The second-order valence-electron chi connectivity index (χ2n) is 18.1. The summed E-state index contributed by atoms with van der Waals surface area (Å²) in [6.45, 7) is 6.48. The minimum Gasteiger partial charge on any atom is -0.462 e. The molecule has 0 radical (unpaired) electrons. The molecule has 0 saturated heterocycles. The van der Waals surface area contributed by atoms with Crippen LogP contribution in [0.2, 0.25) is 0 Å². The second-order valence-corrected chi connectivity index (χ2v) is 18.1. The van der Waals surface area contributed by atoms with Crippen LogP contribution in [0.5, 0.6) is 0 Å². The fourth-order valence-corrected chi connectivity index (χ4v) is 7.58. The van der Waals surface area contributed by atoms with Gasteiger partial charge in [-0.2, -0.15) is 0 Å². The van der Waals surface area contributed by atoms with E-state index in [-0.39, 0.29) is 31.1 Å². The highest BCUT2D eigenvalue weighted by Crippen LogP contribution is 2.15. The van der Waals surface area contributed by atoms with Crippen molar-refractivity contribution >= 4 is 17.9 Å². The van der Waals surface area contributed by atoms with Crippen LogP contribution in [0, 0.1) is 0 Å². The molecule has 0 saturated carbocycles. The maximum Gasteiger partial charge on any atom is 0.306 e. The van der Waals surface area contributed by atoms with Gasteiger partial charge in [-0.25, -0.2) is 0 Å². The molecule has 0 rings (SSSR count). The molecule has 0 spiro atoms. The molecule has 65 heavy (non-hydrogen) atoms. The van der Waals surface area contributed by atoms with Gasteiger partial charge >= 0.3 is 17.9 Å². The Morgan fingerprint density at radius 1 is 0.323 bits per heavy atom. The molecule has 6 nitrogen and oxygen atoms in total. The summed E-state index contributed by atoms with van der Waals surface area (Å²) in [7, 11) is 0. The quantitative estimate of drug-likeness (QED) is 0.0262. The first kappa shape index (κ1) is 61.9. The van der Waals surface area contributed by atoms with Gasteiger partial charge in [-0.1, -0.05) is 229 Å². The van der Waals surface area contributed by atoms with Crippen LogP contribution in [0.15, 0.2) is 72.9 Å². The molecule has 0 fully saturated rings. The van der Waals surface area contributed by atoms with Crippen LogP contribution in [-0.4, -0.2) is 37.2 Å². The van der Waals surface area contributed by atoms with E-state index in [1.54, 1.807) is 0 Å². The number of ether oxygens (including phenoxy) is 3. The van der Waals surface area contributed by atoms with Crippen molar-refractivity contribution < 1.29 is 28.6 Å². The summed E-state index contributed by atoms with van der Waals surface area (Å²) in [5.41, 5.74) is 0. The first-order valence-corrected chi connectivity index (χ1v) is 27.4. The Morgan fingerprint density at radius 3 is 0.938 bits per heavy atom. The van der Waals surface area contributed by atoms with Crippen LogP contribution < -0.4 is 0 Å². The molecule has 1 atom stereocenters. The molecule has 0 bridgehead atoms. The highest BCUT2D eigenvalue weighted by molar-refractivity contribution is 5.71. The van der Waals surface area contributed by atoms with Gasteiger partial charge in [0.15, 0.2) is 6.10 Å². The van der Waals surface area contributed by atoms with Gasteiger partial charge < -0.3 is 14.2 Å². The van der Waals surface area contributed by atoms with Crippen molar-refractivity contribution in [1.29, 1.82) is 0 Å². The van der Waals surface area contributed by atoms with Crippen molar-refractivity contribution in [3.63, 3.8) is 0 Å². The third-order valence-corrected chi connectivity index (χ3v) is 11.7. The number of esters is 3. The van der Waals surface area contributed by atoms with E-state index in [0.29, 0.717) is 19.3 Å². The summed E-state index contributed by atoms with van der Waals surface area (Å²) in [5.74, 6) is -0.912. The van der Waals surface area contributed by atoms with E-state index in [2.05, 4.69) is 93.7 Å². The van der Waals surface area contributed by atoms with Crippen molar-refractivity contribution in [3.05, 3.63) is 72.9 Å². The molecule has 0 aliphatic rings. The summed E-state index contributed by atoms with van der Waals surface area (Å²) >= 11 is 0. The molecule has 0 aliphatic carbocycles. The molecule has 374 valence electrons. The summed E-state index contributed by atoms with van der Waals surface area (Å²) in [6.07, 6.45) is 67.5. The van der Waals surface area contributed by atoms with E-state index >= 15 is 0 Å². The average Bonchev–Trinajstić information content (AvgIpc) is 3.30.